The van der Waals surface area contributed by atoms with E-state index < -0.39 is 0 Å². The van der Waals surface area contributed by atoms with E-state index in [2.05, 4.69) is 33.8 Å². The summed E-state index contributed by atoms with van der Waals surface area (Å²) in [6, 6.07) is 13.9. The molecule has 1 aliphatic carbocycles. The van der Waals surface area contributed by atoms with Gasteiger partial charge in [0.1, 0.15) is 5.75 Å². The zero-order chi connectivity index (χ0) is 19.3. The number of anilines is 1. The minimum absolute atomic E-state index is 0.262. The Balaban J connectivity index is 1.35. The number of nitrogens with zero attached hydrogens (tertiary/aromatic N) is 1. The molecule has 1 aliphatic rings. The molecule has 2 amide bonds. The SMILES string of the molecule is COc1ccc(CNC(=O)Nc2nc(-c3ccc4c(c3)CCCC4)cs2)cc1. The molecule has 2 N–H and O–H groups in total. The molecule has 28 heavy (non-hydrogen) atoms. The van der Waals surface area contributed by atoms with E-state index in [4.69, 9.17) is 4.74 Å². The number of fused-ring (bicyclic) bond motifs is 1. The van der Waals surface area contributed by atoms with Crippen LogP contribution in [0, 0.1) is 0 Å². The van der Waals surface area contributed by atoms with Gasteiger partial charge in [-0.1, -0.05) is 24.3 Å². The van der Waals surface area contributed by atoms with Crippen LogP contribution in [-0.4, -0.2) is 18.1 Å². The summed E-state index contributed by atoms with van der Waals surface area (Å²) in [5.74, 6) is 0.797. The van der Waals surface area contributed by atoms with Gasteiger partial charge in [-0.2, -0.15) is 0 Å². The first-order valence-electron chi connectivity index (χ1n) is 9.47. The van der Waals surface area contributed by atoms with Crippen LogP contribution in [-0.2, 0) is 19.4 Å². The number of benzene rings is 2. The normalized spacial score (nSPS) is 12.9. The third kappa shape index (κ3) is 4.34. The maximum absolute atomic E-state index is 12.2. The average molecular weight is 394 g/mol. The van der Waals surface area contributed by atoms with Crippen LogP contribution < -0.4 is 15.4 Å². The summed E-state index contributed by atoms with van der Waals surface area (Å²) >= 11 is 1.44. The first kappa shape index (κ1) is 18.5. The molecular weight excluding hydrogens is 370 g/mol. The number of aromatic nitrogens is 1. The second-order valence-corrected chi connectivity index (χ2v) is 7.74. The van der Waals surface area contributed by atoms with Crippen LogP contribution in [0.5, 0.6) is 5.75 Å². The van der Waals surface area contributed by atoms with E-state index in [9.17, 15) is 4.79 Å². The van der Waals surface area contributed by atoms with Gasteiger partial charge in [-0.25, -0.2) is 9.78 Å². The van der Waals surface area contributed by atoms with Crippen molar-refractivity contribution in [2.24, 2.45) is 0 Å². The first-order chi connectivity index (χ1) is 13.7. The van der Waals surface area contributed by atoms with Gasteiger partial charge < -0.3 is 10.1 Å². The summed E-state index contributed by atoms with van der Waals surface area (Å²) < 4.78 is 5.14. The smallest absolute Gasteiger partial charge is 0.321 e. The van der Waals surface area contributed by atoms with Gasteiger partial charge in [-0.05, 0) is 60.6 Å². The quantitative estimate of drug-likeness (QED) is 0.640. The second-order valence-electron chi connectivity index (χ2n) is 6.88. The fourth-order valence-corrected chi connectivity index (χ4v) is 4.14. The van der Waals surface area contributed by atoms with Crippen molar-refractivity contribution in [1.82, 2.24) is 10.3 Å². The van der Waals surface area contributed by atoms with E-state index in [1.165, 1.54) is 41.7 Å². The van der Waals surface area contributed by atoms with Gasteiger partial charge in [0, 0.05) is 17.5 Å². The van der Waals surface area contributed by atoms with E-state index in [-0.39, 0.29) is 6.03 Å². The number of rotatable bonds is 5. The van der Waals surface area contributed by atoms with Crippen molar-refractivity contribution < 1.29 is 9.53 Å². The lowest BCUT2D eigenvalue weighted by Gasteiger charge is -2.16. The number of carbonyl (C=O) groups excluding carboxylic acids is 1. The van der Waals surface area contributed by atoms with E-state index in [0.717, 1.165) is 29.0 Å². The Hall–Kier alpha value is -2.86. The Morgan fingerprint density at radius 1 is 1.11 bits per heavy atom. The molecule has 3 aromatic rings. The van der Waals surface area contributed by atoms with Crippen molar-refractivity contribution in [1.29, 1.82) is 0 Å². The second kappa shape index (κ2) is 8.44. The van der Waals surface area contributed by atoms with Crippen LogP contribution in [0.4, 0.5) is 9.93 Å². The Bertz CT molecular complexity index is 966. The monoisotopic (exact) mass is 393 g/mol. The number of nitrogens with one attached hydrogen (secondary N) is 2. The zero-order valence-electron chi connectivity index (χ0n) is 15.8. The minimum atomic E-state index is -0.262. The average Bonchev–Trinajstić information content (AvgIpc) is 3.20. The molecule has 0 aliphatic heterocycles. The standard InChI is InChI=1S/C22H23N3O2S/c1-27-19-10-6-15(7-11-19)13-23-21(26)25-22-24-20(14-28-22)18-9-8-16-4-2-3-5-17(16)12-18/h6-12,14H,2-5,13H2,1H3,(H2,23,24,25,26). The largest absolute Gasteiger partial charge is 0.497 e. The highest BCUT2D eigenvalue weighted by Gasteiger charge is 2.12. The zero-order valence-corrected chi connectivity index (χ0v) is 16.6. The first-order valence-corrected chi connectivity index (χ1v) is 10.3. The van der Waals surface area contributed by atoms with Crippen molar-refractivity contribution in [2.45, 2.75) is 32.2 Å². The number of hydrogen-bond donors (Lipinski definition) is 2. The number of methoxy groups -OCH3 is 1. The van der Waals surface area contributed by atoms with Crippen LogP contribution >= 0.6 is 11.3 Å². The molecule has 6 heteroatoms. The maximum Gasteiger partial charge on any atom is 0.321 e. The van der Waals surface area contributed by atoms with E-state index in [1.54, 1.807) is 7.11 Å². The summed E-state index contributed by atoms with van der Waals surface area (Å²) in [5, 5.41) is 8.26. The van der Waals surface area contributed by atoms with Crippen LogP contribution in [0.25, 0.3) is 11.3 Å². The summed E-state index contributed by atoms with van der Waals surface area (Å²) in [4.78, 5) is 16.7. The molecular formula is C22H23N3O2S. The van der Waals surface area contributed by atoms with Crippen molar-refractivity contribution >= 4 is 22.5 Å². The highest BCUT2D eigenvalue weighted by atomic mass is 32.1. The molecule has 0 saturated heterocycles. The highest BCUT2D eigenvalue weighted by Crippen LogP contribution is 2.29. The number of carbonyl (C=O) groups is 1. The molecule has 0 bridgehead atoms. The highest BCUT2D eigenvalue weighted by molar-refractivity contribution is 7.14. The van der Waals surface area contributed by atoms with E-state index in [0.29, 0.717) is 11.7 Å². The summed E-state index contributed by atoms with van der Waals surface area (Å²) in [6.45, 7) is 0.443. The summed E-state index contributed by atoms with van der Waals surface area (Å²) in [6.07, 6.45) is 4.86. The fourth-order valence-electron chi connectivity index (χ4n) is 3.42. The molecule has 144 valence electrons. The summed E-state index contributed by atoms with van der Waals surface area (Å²) in [5.41, 5.74) is 5.92. The molecule has 0 saturated carbocycles. The lowest BCUT2D eigenvalue weighted by Crippen LogP contribution is -2.28. The van der Waals surface area contributed by atoms with Gasteiger partial charge >= 0.3 is 6.03 Å². The third-order valence-corrected chi connectivity index (χ3v) is 5.74. The van der Waals surface area contributed by atoms with Crippen LogP contribution in [0.2, 0.25) is 0 Å². The predicted octanol–water partition coefficient (Wildman–Crippen LogP) is 5.02. The van der Waals surface area contributed by atoms with E-state index >= 15 is 0 Å². The molecule has 0 spiro atoms. The third-order valence-electron chi connectivity index (χ3n) is 4.98. The Labute approximate surface area is 168 Å². The molecule has 2 aromatic carbocycles. The number of aryl methyl sites for hydroxylation is 2. The van der Waals surface area contributed by atoms with Gasteiger partial charge in [-0.15, -0.1) is 11.3 Å². The minimum Gasteiger partial charge on any atom is -0.497 e. The van der Waals surface area contributed by atoms with Gasteiger partial charge in [0.05, 0.1) is 12.8 Å². The van der Waals surface area contributed by atoms with Crippen LogP contribution in [0.1, 0.15) is 29.5 Å². The predicted molar refractivity (Wildman–Crippen MR) is 113 cm³/mol. The molecule has 0 unspecified atom stereocenters. The lowest BCUT2D eigenvalue weighted by atomic mass is 9.90. The van der Waals surface area contributed by atoms with Crippen molar-refractivity contribution in [3.05, 3.63) is 64.5 Å². The van der Waals surface area contributed by atoms with Crippen LogP contribution in [0.3, 0.4) is 0 Å². The maximum atomic E-state index is 12.2. The van der Waals surface area contributed by atoms with Crippen molar-refractivity contribution in [3.8, 4) is 17.0 Å². The molecule has 4 rings (SSSR count). The van der Waals surface area contributed by atoms with E-state index in [1.807, 2.05) is 29.6 Å². The fraction of sp³-hybridized carbons (Fsp3) is 0.273. The van der Waals surface area contributed by atoms with Crippen molar-refractivity contribution in [3.63, 3.8) is 0 Å². The van der Waals surface area contributed by atoms with Gasteiger partial charge in [0.15, 0.2) is 5.13 Å². The van der Waals surface area contributed by atoms with Gasteiger partial charge in [0.25, 0.3) is 0 Å². The van der Waals surface area contributed by atoms with Gasteiger partial charge in [0.2, 0.25) is 0 Å². The van der Waals surface area contributed by atoms with Crippen molar-refractivity contribution in [2.75, 3.05) is 12.4 Å². The Morgan fingerprint density at radius 3 is 2.68 bits per heavy atom. The van der Waals surface area contributed by atoms with Gasteiger partial charge in [-0.3, -0.25) is 5.32 Å². The molecule has 5 nitrogen and oxygen atoms in total. The number of thiazole rings is 1. The molecule has 0 radical (unpaired) electrons. The van der Waals surface area contributed by atoms with Crippen LogP contribution in [0.15, 0.2) is 47.8 Å². The Kier molecular flexibility index (Phi) is 5.58. The number of urea groups is 1. The lowest BCUT2D eigenvalue weighted by molar-refractivity contribution is 0.251. The molecule has 0 fully saturated rings. The Morgan fingerprint density at radius 2 is 1.89 bits per heavy atom. The molecule has 1 aromatic heterocycles. The number of amides is 2. The summed E-state index contributed by atoms with van der Waals surface area (Å²) in [7, 11) is 1.63. The molecule has 0 atom stereocenters. The topological polar surface area (TPSA) is 63.2 Å². The molecule has 1 heterocycles. The number of hydrogen-bond acceptors (Lipinski definition) is 4. The number of ether oxygens (including phenoxy) is 1.